The molecule has 1 fully saturated rings. The Morgan fingerprint density at radius 3 is 3.20 bits per heavy atom. The molecule has 2 rings (SSSR count). The first-order valence-electron chi connectivity index (χ1n) is 6.76. The zero-order valence-corrected chi connectivity index (χ0v) is 11.3. The first kappa shape index (κ1) is 14.5. The second-order valence-corrected chi connectivity index (χ2v) is 4.59. The van der Waals surface area contributed by atoms with Crippen molar-refractivity contribution >= 4 is 11.7 Å². The third kappa shape index (κ3) is 4.65. The molecular formula is C15H18N2O3. The Morgan fingerprint density at radius 2 is 2.45 bits per heavy atom. The lowest BCUT2D eigenvalue weighted by atomic mass is 10.1. The van der Waals surface area contributed by atoms with Gasteiger partial charge < -0.3 is 15.2 Å². The van der Waals surface area contributed by atoms with Crippen molar-refractivity contribution in [1.82, 2.24) is 4.98 Å². The number of anilines is 1. The minimum absolute atomic E-state index is 0.0692. The molecule has 5 heteroatoms. The largest absolute Gasteiger partial charge is 0.384 e. The van der Waals surface area contributed by atoms with Crippen LogP contribution in [0, 0.1) is 11.8 Å². The highest BCUT2D eigenvalue weighted by atomic mass is 16.5. The van der Waals surface area contributed by atoms with Crippen LogP contribution in [0.15, 0.2) is 18.2 Å². The Balaban J connectivity index is 1.83. The van der Waals surface area contributed by atoms with Crippen LogP contribution < -0.4 is 5.32 Å². The number of aliphatic hydroxyl groups excluding tert-OH is 1. The number of amides is 1. The third-order valence-corrected chi connectivity index (χ3v) is 3.03. The van der Waals surface area contributed by atoms with Crippen molar-refractivity contribution < 1.29 is 14.6 Å². The lowest BCUT2D eigenvalue weighted by Crippen LogP contribution is -2.16. The maximum Gasteiger partial charge on any atom is 0.225 e. The Bertz CT molecular complexity index is 513. The predicted octanol–water partition coefficient (Wildman–Crippen LogP) is 1.32. The van der Waals surface area contributed by atoms with Crippen LogP contribution in [0.5, 0.6) is 0 Å². The molecule has 1 aliphatic heterocycles. The van der Waals surface area contributed by atoms with Crippen LogP contribution in [0.4, 0.5) is 5.82 Å². The summed E-state index contributed by atoms with van der Waals surface area (Å²) in [6.45, 7) is 0.596. The van der Waals surface area contributed by atoms with Crippen LogP contribution in [-0.4, -0.2) is 35.3 Å². The molecule has 0 aromatic carbocycles. The molecule has 1 aromatic rings. The smallest absolute Gasteiger partial charge is 0.225 e. The molecule has 0 bridgehead atoms. The highest BCUT2D eigenvalue weighted by molar-refractivity contribution is 5.89. The maximum atomic E-state index is 11.8. The number of carbonyl (C=O) groups excluding carboxylic acids is 1. The van der Waals surface area contributed by atoms with Gasteiger partial charge in [-0.2, -0.15) is 0 Å². The van der Waals surface area contributed by atoms with E-state index in [0.29, 0.717) is 17.9 Å². The number of rotatable bonds is 4. The van der Waals surface area contributed by atoms with E-state index in [1.807, 2.05) is 0 Å². The Labute approximate surface area is 118 Å². The average molecular weight is 274 g/mol. The molecule has 2 heterocycles. The van der Waals surface area contributed by atoms with E-state index >= 15 is 0 Å². The van der Waals surface area contributed by atoms with E-state index in [9.17, 15) is 4.79 Å². The molecule has 1 amide bonds. The van der Waals surface area contributed by atoms with Crippen LogP contribution in [-0.2, 0) is 9.53 Å². The summed E-state index contributed by atoms with van der Waals surface area (Å²) in [7, 11) is 0. The lowest BCUT2D eigenvalue weighted by molar-refractivity contribution is -0.116. The van der Waals surface area contributed by atoms with E-state index < -0.39 is 0 Å². The van der Waals surface area contributed by atoms with E-state index in [4.69, 9.17) is 9.84 Å². The van der Waals surface area contributed by atoms with Crippen molar-refractivity contribution in [2.24, 2.45) is 0 Å². The molecule has 0 saturated carbocycles. The van der Waals surface area contributed by atoms with Gasteiger partial charge in [0, 0.05) is 13.0 Å². The van der Waals surface area contributed by atoms with Crippen molar-refractivity contribution in [3.8, 4) is 11.8 Å². The molecule has 1 atom stereocenters. The first-order chi connectivity index (χ1) is 9.78. The second kappa shape index (κ2) is 7.63. The highest BCUT2D eigenvalue weighted by Crippen LogP contribution is 2.17. The van der Waals surface area contributed by atoms with E-state index in [1.54, 1.807) is 18.2 Å². The third-order valence-electron chi connectivity index (χ3n) is 3.03. The first-order valence-corrected chi connectivity index (χ1v) is 6.76. The number of hydrogen-bond acceptors (Lipinski definition) is 4. The Morgan fingerprint density at radius 1 is 1.55 bits per heavy atom. The Hall–Kier alpha value is -1.90. The van der Waals surface area contributed by atoms with Gasteiger partial charge in [0.15, 0.2) is 0 Å². The van der Waals surface area contributed by atoms with E-state index in [1.165, 1.54) is 0 Å². The molecule has 1 aliphatic rings. The lowest BCUT2D eigenvalue weighted by Gasteiger charge is -2.09. The van der Waals surface area contributed by atoms with Crippen molar-refractivity contribution in [2.45, 2.75) is 31.8 Å². The number of nitrogens with one attached hydrogen (secondary N) is 1. The second-order valence-electron chi connectivity index (χ2n) is 4.59. The van der Waals surface area contributed by atoms with Gasteiger partial charge in [-0.05, 0) is 37.3 Å². The van der Waals surface area contributed by atoms with Gasteiger partial charge in [0.05, 0.1) is 6.10 Å². The molecule has 0 aliphatic carbocycles. The van der Waals surface area contributed by atoms with Gasteiger partial charge in [0.1, 0.15) is 18.1 Å². The summed E-state index contributed by atoms with van der Waals surface area (Å²) in [6, 6.07) is 5.21. The zero-order chi connectivity index (χ0) is 14.2. The molecule has 0 spiro atoms. The van der Waals surface area contributed by atoms with Crippen LogP contribution in [0.1, 0.15) is 31.4 Å². The van der Waals surface area contributed by atoms with Crippen LogP contribution >= 0.6 is 0 Å². The summed E-state index contributed by atoms with van der Waals surface area (Å²) < 4.78 is 5.48. The SMILES string of the molecule is O=C(CCC1CCCO1)Nc1cccc(C#CCO)n1. The van der Waals surface area contributed by atoms with Gasteiger partial charge in [-0.15, -0.1) is 0 Å². The van der Waals surface area contributed by atoms with Crippen molar-refractivity contribution in [3.63, 3.8) is 0 Å². The average Bonchev–Trinajstić information content (AvgIpc) is 2.97. The topological polar surface area (TPSA) is 71.5 Å². The fourth-order valence-corrected chi connectivity index (χ4v) is 2.07. The normalized spacial score (nSPS) is 17.4. The summed E-state index contributed by atoms with van der Waals surface area (Å²) in [4.78, 5) is 16.0. The Kier molecular flexibility index (Phi) is 5.54. The van der Waals surface area contributed by atoms with Crippen molar-refractivity contribution in [1.29, 1.82) is 0 Å². The van der Waals surface area contributed by atoms with E-state index in [-0.39, 0.29) is 18.6 Å². The number of pyridine rings is 1. The number of nitrogens with zero attached hydrogens (tertiary/aromatic N) is 1. The molecule has 1 unspecified atom stereocenters. The van der Waals surface area contributed by atoms with Gasteiger partial charge in [-0.3, -0.25) is 4.79 Å². The molecule has 0 radical (unpaired) electrons. The summed E-state index contributed by atoms with van der Waals surface area (Å²) >= 11 is 0. The molecule has 106 valence electrons. The van der Waals surface area contributed by atoms with Gasteiger partial charge >= 0.3 is 0 Å². The van der Waals surface area contributed by atoms with E-state index in [0.717, 1.165) is 25.9 Å². The summed E-state index contributed by atoms with van der Waals surface area (Å²) in [5.74, 6) is 5.63. The summed E-state index contributed by atoms with van der Waals surface area (Å²) in [5.41, 5.74) is 0.524. The molecule has 5 nitrogen and oxygen atoms in total. The van der Waals surface area contributed by atoms with Crippen molar-refractivity contribution in [2.75, 3.05) is 18.5 Å². The molecule has 20 heavy (non-hydrogen) atoms. The number of ether oxygens (including phenoxy) is 1. The quantitative estimate of drug-likeness (QED) is 0.812. The minimum atomic E-state index is -0.209. The molecular weight excluding hydrogens is 256 g/mol. The zero-order valence-electron chi connectivity index (χ0n) is 11.3. The molecule has 1 aromatic heterocycles. The van der Waals surface area contributed by atoms with Gasteiger partial charge in [0.2, 0.25) is 5.91 Å². The van der Waals surface area contributed by atoms with Gasteiger partial charge in [-0.25, -0.2) is 4.98 Å². The number of hydrogen-bond donors (Lipinski definition) is 2. The molecule has 2 N–H and O–H groups in total. The fourth-order valence-electron chi connectivity index (χ4n) is 2.07. The van der Waals surface area contributed by atoms with Crippen molar-refractivity contribution in [3.05, 3.63) is 23.9 Å². The van der Waals surface area contributed by atoms with Crippen LogP contribution in [0.3, 0.4) is 0 Å². The molecule has 1 saturated heterocycles. The number of aromatic nitrogens is 1. The number of carbonyl (C=O) groups is 1. The minimum Gasteiger partial charge on any atom is -0.384 e. The van der Waals surface area contributed by atoms with E-state index in [2.05, 4.69) is 22.1 Å². The summed E-state index contributed by atoms with van der Waals surface area (Å²) in [5, 5.41) is 11.4. The fraction of sp³-hybridized carbons (Fsp3) is 0.467. The number of aliphatic hydroxyl groups is 1. The van der Waals surface area contributed by atoms with Crippen LogP contribution in [0.25, 0.3) is 0 Å². The van der Waals surface area contributed by atoms with Crippen LogP contribution in [0.2, 0.25) is 0 Å². The monoisotopic (exact) mass is 274 g/mol. The van der Waals surface area contributed by atoms with Gasteiger partial charge in [-0.1, -0.05) is 12.0 Å². The standard InChI is InChI=1S/C15H18N2O3/c18-10-2-5-12-4-1-7-14(16-12)17-15(19)9-8-13-6-3-11-20-13/h1,4,7,13,18H,3,6,8-11H2,(H,16,17,19). The predicted molar refractivity (Wildman–Crippen MR) is 75.0 cm³/mol. The summed E-state index contributed by atoms with van der Waals surface area (Å²) in [6.07, 6.45) is 3.52. The van der Waals surface area contributed by atoms with Gasteiger partial charge in [0.25, 0.3) is 0 Å². The maximum absolute atomic E-state index is 11.8. The highest BCUT2D eigenvalue weighted by Gasteiger charge is 2.16.